The van der Waals surface area contributed by atoms with Crippen LogP contribution in [0.2, 0.25) is 0 Å². The van der Waals surface area contributed by atoms with E-state index in [1.165, 1.54) is 0 Å². The molecule has 1 N–H and O–H groups in total. The largest absolute Gasteiger partial charge is 0.478 e. The Hall–Kier alpha value is -1.77. The van der Waals surface area contributed by atoms with Crippen molar-refractivity contribution in [2.75, 3.05) is 0 Å². The summed E-state index contributed by atoms with van der Waals surface area (Å²) in [5, 5.41) is 10.2. The number of fused-ring (bicyclic) bond motifs is 1. The maximum atomic E-state index is 11.2. The second-order valence-corrected chi connectivity index (χ2v) is 4.01. The first-order chi connectivity index (χ1) is 7.65. The summed E-state index contributed by atoms with van der Waals surface area (Å²) in [5.74, 6) is -0.860. The molecule has 2 rings (SSSR count). The number of hydrogen-bond donors (Lipinski definition) is 1. The molecule has 0 atom stereocenters. The van der Waals surface area contributed by atoms with Gasteiger partial charge in [-0.25, -0.2) is 4.79 Å². The lowest BCUT2D eigenvalue weighted by atomic mass is 10.1. The van der Waals surface area contributed by atoms with E-state index < -0.39 is 5.97 Å². The molecule has 2 aromatic rings. The van der Waals surface area contributed by atoms with Crippen LogP contribution in [0.15, 0.2) is 24.4 Å². The number of aryl methyl sites for hydroxylation is 2. The first-order valence-electron chi connectivity index (χ1n) is 5.47. The highest BCUT2D eigenvalue weighted by Crippen LogP contribution is 2.24. The van der Waals surface area contributed by atoms with Gasteiger partial charge in [0.1, 0.15) is 0 Å². The Morgan fingerprint density at radius 3 is 2.81 bits per heavy atom. The predicted molar refractivity (Wildman–Crippen MR) is 63.9 cm³/mol. The monoisotopic (exact) mass is 217 g/mol. The van der Waals surface area contributed by atoms with Crippen molar-refractivity contribution in [3.8, 4) is 0 Å². The molecule has 0 saturated carbocycles. The van der Waals surface area contributed by atoms with E-state index in [4.69, 9.17) is 0 Å². The Kier molecular flexibility index (Phi) is 2.69. The molecule has 0 amide bonds. The molecule has 1 aromatic carbocycles. The molecular formula is C13H15NO2. The van der Waals surface area contributed by atoms with Gasteiger partial charge in [0, 0.05) is 18.1 Å². The average Bonchev–Trinajstić information content (AvgIpc) is 2.57. The number of para-hydroxylation sites is 1. The summed E-state index contributed by atoms with van der Waals surface area (Å²) < 4.78 is 2.04. The normalized spacial score (nSPS) is 10.9. The van der Waals surface area contributed by atoms with Crippen molar-refractivity contribution in [1.29, 1.82) is 0 Å². The zero-order valence-corrected chi connectivity index (χ0v) is 9.53. The van der Waals surface area contributed by atoms with Gasteiger partial charge in [-0.15, -0.1) is 0 Å². The average molecular weight is 217 g/mol. The number of nitrogens with zero attached hydrogens (tertiary/aromatic N) is 1. The quantitative estimate of drug-likeness (QED) is 0.858. The maximum Gasteiger partial charge on any atom is 0.337 e. The minimum Gasteiger partial charge on any atom is -0.478 e. The molecular weight excluding hydrogens is 202 g/mol. The van der Waals surface area contributed by atoms with Gasteiger partial charge in [0.15, 0.2) is 0 Å². The van der Waals surface area contributed by atoms with Crippen molar-refractivity contribution < 1.29 is 9.90 Å². The highest BCUT2D eigenvalue weighted by Gasteiger charge is 2.13. The Balaban J connectivity index is 2.77. The summed E-state index contributed by atoms with van der Waals surface area (Å²) in [6, 6.07) is 5.44. The summed E-state index contributed by atoms with van der Waals surface area (Å²) >= 11 is 0. The summed E-state index contributed by atoms with van der Waals surface area (Å²) in [4.78, 5) is 11.2. The van der Waals surface area contributed by atoms with Gasteiger partial charge in [0.2, 0.25) is 0 Å². The van der Waals surface area contributed by atoms with Crippen LogP contribution in [0, 0.1) is 6.92 Å². The highest BCUT2D eigenvalue weighted by atomic mass is 16.4. The van der Waals surface area contributed by atoms with Gasteiger partial charge in [0.05, 0.1) is 11.1 Å². The van der Waals surface area contributed by atoms with Crippen LogP contribution in [-0.2, 0) is 6.54 Å². The van der Waals surface area contributed by atoms with E-state index in [2.05, 4.69) is 6.92 Å². The van der Waals surface area contributed by atoms with Crippen LogP contribution in [0.25, 0.3) is 10.9 Å². The van der Waals surface area contributed by atoms with Crippen molar-refractivity contribution >= 4 is 16.9 Å². The van der Waals surface area contributed by atoms with Gasteiger partial charge in [-0.05, 0) is 25.0 Å². The molecule has 0 unspecified atom stereocenters. The van der Waals surface area contributed by atoms with Crippen molar-refractivity contribution in [3.63, 3.8) is 0 Å². The van der Waals surface area contributed by atoms with Crippen LogP contribution in [-0.4, -0.2) is 15.6 Å². The molecule has 16 heavy (non-hydrogen) atoms. The molecule has 0 bridgehead atoms. The zero-order valence-electron chi connectivity index (χ0n) is 9.53. The minimum absolute atomic E-state index is 0.388. The summed E-state index contributed by atoms with van der Waals surface area (Å²) in [6.07, 6.45) is 3.03. The number of aromatic nitrogens is 1. The summed E-state index contributed by atoms with van der Waals surface area (Å²) in [7, 11) is 0. The van der Waals surface area contributed by atoms with Gasteiger partial charge in [-0.2, -0.15) is 0 Å². The van der Waals surface area contributed by atoms with Crippen LogP contribution in [0.1, 0.15) is 29.3 Å². The molecule has 0 saturated heterocycles. The standard InChI is InChI=1S/C13H15NO2/c1-3-7-14-8-9(2)10-5-4-6-11(12(10)14)13(15)16/h4-6,8H,3,7H2,1-2H3,(H,15,16). The highest BCUT2D eigenvalue weighted by molar-refractivity contribution is 6.03. The zero-order chi connectivity index (χ0) is 11.7. The molecule has 0 aliphatic rings. The number of carbonyl (C=O) groups is 1. The van der Waals surface area contributed by atoms with Crippen LogP contribution in [0.4, 0.5) is 0 Å². The van der Waals surface area contributed by atoms with Gasteiger partial charge >= 0.3 is 5.97 Å². The van der Waals surface area contributed by atoms with Crippen LogP contribution in [0.3, 0.4) is 0 Å². The minimum atomic E-state index is -0.860. The van der Waals surface area contributed by atoms with E-state index in [1.807, 2.05) is 23.8 Å². The lowest BCUT2D eigenvalue weighted by Gasteiger charge is -2.05. The lowest BCUT2D eigenvalue weighted by Crippen LogP contribution is -2.02. The number of hydrogen-bond acceptors (Lipinski definition) is 1. The number of aromatic carboxylic acids is 1. The SMILES string of the molecule is CCCn1cc(C)c2cccc(C(=O)O)c21. The summed E-state index contributed by atoms with van der Waals surface area (Å²) in [5.41, 5.74) is 2.36. The van der Waals surface area contributed by atoms with E-state index in [9.17, 15) is 9.90 Å². The molecule has 1 heterocycles. The Bertz CT molecular complexity index is 540. The van der Waals surface area contributed by atoms with Crippen LogP contribution >= 0.6 is 0 Å². The van der Waals surface area contributed by atoms with Crippen LogP contribution < -0.4 is 0 Å². The van der Waals surface area contributed by atoms with Gasteiger partial charge in [-0.1, -0.05) is 19.1 Å². The van der Waals surface area contributed by atoms with E-state index in [0.717, 1.165) is 29.4 Å². The molecule has 84 valence electrons. The van der Waals surface area contributed by atoms with Gasteiger partial charge in [0.25, 0.3) is 0 Å². The first kappa shape index (κ1) is 10.7. The molecule has 0 radical (unpaired) electrons. The number of carboxylic acids is 1. The van der Waals surface area contributed by atoms with Crippen molar-refractivity contribution in [1.82, 2.24) is 4.57 Å². The fourth-order valence-corrected chi connectivity index (χ4v) is 2.13. The van der Waals surface area contributed by atoms with Gasteiger partial charge < -0.3 is 9.67 Å². The third kappa shape index (κ3) is 1.58. The smallest absolute Gasteiger partial charge is 0.337 e. The molecule has 0 fully saturated rings. The van der Waals surface area contributed by atoms with E-state index in [1.54, 1.807) is 12.1 Å². The lowest BCUT2D eigenvalue weighted by molar-refractivity contribution is 0.0698. The first-order valence-corrected chi connectivity index (χ1v) is 5.47. The Morgan fingerprint density at radius 1 is 1.44 bits per heavy atom. The fraction of sp³-hybridized carbons (Fsp3) is 0.308. The maximum absolute atomic E-state index is 11.2. The second kappa shape index (κ2) is 4.00. The van der Waals surface area contributed by atoms with Crippen molar-refractivity contribution in [2.45, 2.75) is 26.8 Å². The molecule has 1 aromatic heterocycles. The Morgan fingerprint density at radius 2 is 2.19 bits per heavy atom. The fourth-order valence-electron chi connectivity index (χ4n) is 2.13. The number of rotatable bonds is 3. The molecule has 0 aliphatic carbocycles. The number of carboxylic acid groups (broad SMARTS) is 1. The molecule has 3 heteroatoms. The van der Waals surface area contributed by atoms with Crippen molar-refractivity contribution in [2.24, 2.45) is 0 Å². The topological polar surface area (TPSA) is 42.2 Å². The predicted octanol–water partition coefficient (Wildman–Crippen LogP) is 3.06. The number of benzene rings is 1. The van der Waals surface area contributed by atoms with Gasteiger partial charge in [-0.3, -0.25) is 0 Å². The van der Waals surface area contributed by atoms with Crippen molar-refractivity contribution in [3.05, 3.63) is 35.5 Å². The molecule has 0 spiro atoms. The third-order valence-electron chi connectivity index (χ3n) is 2.79. The third-order valence-corrected chi connectivity index (χ3v) is 2.79. The summed E-state index contributed by atoms with van der Waals surface area (Å²) in [6.45, 7) is 4.96. The molecule has 0 aliphatic heterocycles. The molecule has 3 nitrogen and oxygen atoms in total. The second-order valence-electron chi connectivity index (χ2n) is 4.01. The van der Waals surface area contributed by atoms with Crippen LogP contribution in [0.5, 0.6) is 0 Å². The Labute approximate surface area is 94.3 Å². The van der Waals surface area contributed by atoms with E-state index >= 15 is 0 Å². The van der Waals surface area contributed by atoms with E-state index in [0.29, 0.717) is 5.56 Å². The van der Waals surface area contributed by atoms with E-state index in [-0.39, 0.29) is 0 Å².